The van der Waals surface area contributed by atoms with Gasteiger partial charge in [0.1, 0.15) is 0 Å². The van der Waals surface area contributed by atoms with Crippen LogP contribution in [0.25, 0.3) is 0 Å². The molecule has 8 nitrogen and oxygen atoms in total. The van der Waals surface area contributed by atoms with Crippen molar-refractivity contribution in [2.75, 3.05) is 13.6 Å². The molecule has 0 aromatic rings. The Morgan fingerprint density at radius 3 is 2.35 bits per heavy atom. The van der Waals surface area contributed by atoms with Gasteiger partial charge in [-0.1, -0.05) is 12.2 Å². The zero-order valence-corrected chi connectivity index (χ0v) is 12.7. The van der Waals surface area contributed by atoms with Crippen LogP contribution >= 0.6 is 0 Å². The monoisotopic (exact) mass is 324 g/mol. The molecule has 0 aromatic carbocycles. The fraction of sp³-hybridized carbons (Fsp3) is 0.600. The van der Waals surface area contributed by atoms with Crippen LogP contribution in [0.5, 0.6) is 0 Å². The van der Waals surface area contributed by atoms with E-state index in [1.54, 1.807) is 0 Å². The Labute approximate surface area is 132 Å². The van der Waals surface area contributed by atoms with Gasteiger partial charge in [-0.25, -0.2) is 0 Å². The van der Waals surface area contributed by atoms with Crippen molar-refractivity contribution in [1.82, 2.24) is 10.6 Å². The lowest BCUT2D eigenvalue weighted by Crippen LogP contribution is -2.63. The molecular formula is C15H20N2O6. The van der Waals surface area contributed by atoms with E-state index >= 15 is 0 Å². The van der Waals surface area contributed by atoms with Crippen LogP contribution in [0.4, 0.5) is 0 Å². The largest absolute Gasteiger partial charge is 0.481 e. The van der Waals surface area contributed by atoms with Crippen LogP contribution in [0.3, 0.4) is 0 Å². The maximum Gasteiger partial charge on any atom is 0.308 e. The van der Waals surface area contributed by atoms with E-state index in [2.05, 4.69) is 10.6 Å². The number of hydrogen-bond donors (Lipinski definition) is 4. The molecule has 2 aliphatic rings. The highest BCUT2D eigenvalue weighted by atomic mass is 16.4. The molecular weight excluding hydrogens is 304 g/mol. The summed E-state index contributed by atoms with van der Waals surface area (Å²) < 4.78 is 0. The third-order valence-corrected chi connectivity index (χ3v) is 4.72. The van der Waals surface area contributed by atoms with E-state index in [9.17, 15) is 24.3 Å². The quantitative estimate of drug-likeness (QED) is 0.471. The number of carboxylic acids is 2. The van der Waals surface area contributed by atoms with Gasteiger partial charge in [-0.3, -0.25) is 19.2 Å². The number of aliphatic carboxylic acids is 2. The summed E-state index contributed by atoms with van der Waals surface area (Å²) in [4.78, 5) is 46.9. The van der Waals surface area contributed by atoms with Crippen LogP contribution in [-0.4, -0.2) is 47.6 Å². The van der Waals surface area contributed by atoms with Gasteiger partial charge >= 0.3 is 11.9 Å². The van der Waals surface area contributed by atoms with E-state index in [4.69, 9.17) is 5.11 Å². The number of carbonyl (C=O) groups excluding carboxylic acids is 2. The van der Waals surface area contributed by atoms with Gasteiger partial charge in [0.05, 0.1) is 23.7 Å². The molecule has 0 spiro atoms. The molecule has 2 rings (SSSR count). The number of rotatable bonds is 7. The number of carboxylic acid groups (broad SMARTS) is 2. The van der Waals surface area contributed by atoms with Crippen LogP contribution in [0.2, 0.25) is 0 Å². The van der Waals surface area contributed by atoms with Crippen molar-refractivity contribution < 1.29 is 29.4 Å². The third-order valence-electron chi connectivity index (χ3n) is 4.72. The summed E-state index contributed by atoms with van der Waals surface area (Å²) in [6.07, 6.45) is 4.11. The lowest BCUT2D eigenvalue weighted by molar-refractivity contribution is -0.180. The molecule has 0 bridgehead atoms. The second-order valence-electron chi connectivity index (χ2n) is 6.10. The van der Waals surface area contributed by atoms with E-state index in [0.717, 1.165) is 6.42 Å². The van der Waals surface area contributed by atoms with Gasteiger partial charge in [-0.2, -0.15) is 0 Å². The predicted molar refractivity (Wildman–Crippen MR) is 78.2 cm³/mol. The maximum atomic E-state index is 12.2. The minimum absolute atomic E-state index is 0.0811. The highest BCUT2D eigenvalue weighted by Gasteiger charge is 2.64. The Morgan fingerprint density at radius 2 is 1.91 bits per heavy atom. The predicted octanol–water partition coefficient (Wildman–Crippen LogP) is -0.393. The first-order chi connectivity index (χ1) is 10.8. The van der Waals surface area contributed by atoms with E-state index in [-0.39, 0.29) is 12.3 Å². The van der Waals surface area contributed by atoms with Gasteiger partial charge in [-0.05, 0) is 18.8 Å². The molecule has 8 heteroatoms. The van der Waals surface area contributed by atoms with Crippen LogP contribution in [0.1, 0.15) is 19.3 Å². The molecule has 0 saturated heterocycles. The SMILES string of the molecule is CNC(=O)C1(CC(=O)O)CC(C(=O)NCC2C=CC2)C1C(=O)O. The second kappa shape index (κ2) is 6.39. The molecule has 1 saturated carbocycles. The summed E-state index contributed by atoms with van der Waals surface area (Å²) >= 11 is 0. The van der Waals surface area contributed by atoms with E-state index in [1.165, 1.54) is 7.05 Å². The van der Waals surface area contributed by atoms with Crippen LogP contribution in [-0.2, 0) is 19.2 Å². The van der Waals surface area contributed by atoms with Crippen molar-refractivity contribution in [2.24, 2.45) is 23.2 Å². The highest BCUT2D eigenvalue weighted by Crippen LogP contribution is 2.54. The molecule has 0 aliphatic heterocycles. The van der Waals surface area contributed by atoms with Crippen LogP contribution in [0, 0.1) is 23.2 Å². The Balaban J connectivity index is 2.12. The smallest absolute Gasteiger partial charge is 0.308 e. The van der Waals surface area contributed by atoms with Gasteiger partial charge in [0.2, 0.25) is 11.8 Å². The number of amides is 2. The summed E-state index contributed by atoms with van der Waals surface area (Å²) in [7, 11) is 1.32. The first-order valence-corrected chi connectivity index (χ1v) is 7.43. The summed E-state index contributed by atoms with van der Waals surface area (Å²) in [5.41, 5.74) is -1.58. The lowest BCUT2D eigenvalue weighted by Gasteiger charge is -2.49. The number of hydrogen-bond acceptors (Lipinski definition) is 4. The fourth-order valence-corrected chi connectivity index (χ4v) is 3.37. The molecule has 2 amide bonds. The Morgan fingerprint density at radius 1 is 1.26 bits per heavy atom. The van der Waals surface area contributed by atoms with Crippen LogP contribution in [0.15, 0.2) is 12.2 Å². The molecule has 4 atom stereocenters. The molecule has 23 heavy (non-hydrogen) atoms. The van der Waals surface area contributed by atoms with Crippen LogP contribution < -0.4 is 10.6 Å². The van der Waals surface area contributed by atoms with Crippen molar-refractivity contribution >= 4 is 23.8 Å². The fourth-order valence-electron chi connectivity index (χ4n) is 3.37. The second-order valence-corrected chi connectivity index (χ2v) is 6.10. The Bertz CT molecular complexity index is 572. The van der Waals surface area contributed by atoms with Gasteiger partial charge in [0.15, 0.2) is 0 Å². The van der Waals surface area contributed by atoms with E-state index in [1.807, 2.05) is 12.2 Å². The summed E-state index contributed by atoms with van der Waals surface area (Å²) in [6.45, 7) is 0.421. The molecule has 4 N–H and O–H groups in total. The first kappa shape index (κ1) is 17.0. The third kappa shape index (κ3) is 3.06. The summed E-state index contributed by atoms with van der Waals surface area (Å²) in [5.74, 6) is -5.67. The van der Waals surface area contributed by atoms with Gasteiger partial charge in [-0.15, -0.1) is 0 Å². The summed E-state index contributed by atoms with van der Waals surface area (Å²) in [5, 5.41) is 23.4. The molecule has 1 fully saturated rings. The van der Waals surface area contributed by atoms with Gasteiger partial charge in [0.25, 0.3) is 0 Å². The average molecular weight is 324 g/mol. The zero-order valence-electron chi connectivity index (χ0n) is 12.7. The topological polar surface area (TPSA) is 133 Å². The number of carbonyl (C=O) groups is 4. The van der Waals surface area contributed by atoms with Gasteiger partial charge < -0.3 is 20.8 Å². The minimum atomic E-state index is -1.58. The van der Waals surface area contributed by atoms with Gasteiger partial charge in [0, 0.05) is 13.6 Å². The van der Waals surface area contributed by atoms with E-state index in [0.29, 0.717) is 6.54 Å². The van der Waals surface area contributed by atoms with E-state index < -0.39 is 47.4 Å². The van der Waals surface area contributed by atoms with Crippen molar-refractivity contribution in [3.05, 3.63) is 12.2 Å². The minimum Gasteiger partial charge on any atom is -0.481 e. The number of allylic oxidation sites excluding steroid dienone is 1. The summed E-state index contributed by atoms with van der Waals surface area (Å²) in [6, 6.07) is 0. The number of nitrogens with one attached hydrogen (secondary N) is 2. The van der Waals surface area contributed by atoms with Crippen molar-refractivity contribution in [1.29, 1.82) is 0 Å². The van der Waals surface area contributed by atoms with Crippen molar-refractivity contribution in [3.8, 4) is 0 Å². The Kier molecular flexibility index (Phi) is 4.72. The highest BCUT2D eigenvalue weighted by molar-refractivity contribution is 5.98. The lowest BCUT2D eigenvalue weighted by atomic mass is 9.51. The van der Waals surface area contributed by atoms with Crippen molar-refractivity contribution in [3.63, 3.8) is 0 Å². The molecule has 0 radical (unpaired) electrons. The normalized spacial score (nSPS) is 31.4. The zero-order chi connectivity index (χ0) is 17.2. The maximum absolute atomic E-state index is 12.2. The molecule has 0 aromatic heterocycles. The van der Waals surface area contributed by atoms with Crippen molar-refractivity contribution in [2.45, 2.75) is 19.3 Å². The standard InChI is InChI=1S/C15H20N2O6/c1-16-14(23)15(6-10(18)19)5-9(11(15)13(21)22)12(20)17-7-8-3-2-4-8/h2-3,8-9,11H,4-7H2,1H3,(H,16,23)(H,17,20)(H,18,19)(H,21,22). The first-order valence-electron chi connectivity index (χ1n) is 7.43. The molecule has 4 unspecified atom stereocenters. The molecule has 126 valence electrons. The molecule has 2 aliphatic carbocycles. The Hall–Kier alpha value is -2.38. The average Bonchev–Trinajstić information content (AvgIpc) is 2.38. The molecule has 0 heterocycles.